The molecule has 0 saturated heterocycles. The van der Waals surface area contributed by atoms with Crippen LogP contribution in [0.4, 0.5) is 10.5 Å². The highest BCUT2D eigenvalue weighted by atomic mass is 35.5. The van der Waals surface area contributed by atoms with E-state index in [2.05, 4.69) is 10.6 Å². The van der Waals surface area contributed by atoms with E-state index in [1.54, 1.807) is 36.4 Å². The van der Waals surface area contributed by atoms with Crippen LogP contribution in [0.1, 0.15) is 0 Å². The van der Waals surface area contributed by atoms with Gasteiger partial charge >= 0.3 is 6.03 Å². The van der Waals surface area contributed by atoms with Crippen LogP contribution in [0.2, 0.25) is 15.1 Å². The summed E-state index contributed by atoms with van der Waals surface area (Å²) in [6.45, 7) is -0.0585. The minimum Gasteiger partial charge on any atom is -0.495 e. The van der Waals surface area contributed by atoms with Crippen LogP contribution in [0.3, 0.4) is 0 Å². The number of urea groups is 1. The molecule has 0 aromatic heterocycles. The second kappa shape index (κ2) is 8.15. The lowest BCUT2D eigenvalue weighted by molar-refractivity contribution is 0.234. The molecule has 0 atom stereocenters. The Bertz CT molecular complexity index is 710. The van der Waals surface area contributed by atoms with Crippen molar-refractivity contribution in [3.8, 4) is 11.5 Å². The number of methoxy groups -OCH3 is 1. The first kappa shape index (κ1) is 17.5. The fraction of sp³-hybridized carbons (Fsp3) is 0.133. The van der Waals surface area contributed by atoms with Crippen molar-refractivity contribution in [3.63, 3.8) is 0 Å². The van der Waals surface area contributed by atoms with Gasteiger partial charge in [0.1, 0.15) is 11.5 Å². The molecule has 23 heavy (non-hydrogen) atoms. The second-order valence-electron chi connectivity index (χ2n) is 4.34. The summed E-state index contributed by atoms with van der Waals surface area (Å²) in [5, 5.41) is 6.42. The zero-order valence-corrected chi connectivity index (χ0v) is 14.3. The predicted molar refractivity (Wildman–Crippen MR) is 92.1 cm³/mol. The molecule has 0 unspecified atom stereocenters. The number of carbonyl (C=O) groups excluding carboxylic acids is 1. The molecule has 2 rings (SSSR count). The maximum absolute atomic E-state index is 11.8. The van der Waals surface area contributed by atoms with Crippen molar-refractivity contribution < 1.29 is 14.3 Å². The average Bonchev–Trinajstić information content (AvgIpc) is 2.49. The third-order valence-corrected chi connectivity index (χ3v) is 3.59. The fourth-order valence-corrected chi connectivity index (χ4v) is 2.41. The fourth-order valence-electron chi connectivity index (χ4n) is 1.69. The molecule has 0 aliphatic carbocycles. The van der Waals surface area contributed by atoms with Crippen LogP contribution in [0.25, 0.3) is 0 Å². The van der Waals surface area contributed by atoms with E-state index >= 15 is 0 Å². The Hall–Kier alpha value is -1.82. The van der Waals surface area contributed by atoms with Crippen LogP contribution < -0.4 is 20.1 Å². The zero-order chi connectivity index (χ0) is 16.8. The first-order valence-corrected chi connectivity index (χ1v) is 7.59. The van der Waals surface area contributed by atoms with Gasteiger partial charge in [0, 0.05) is 10.7 Å². The van der Waals surface area contributed by atoms with E-state index in [9.17, 15) is 4.79 Å². The Labute approximate surface area is 148 Å². The lowest BCUT2D eigenvalue weighted by Gasteiger charge is -2.11. The van der Waals surface area contributed by atoms with Crippen molar-refractivity contribution >= 4 is 46.5 Å². The molecular formula is C15H13Cl3N2O3. The number of carbonyl (C=O) groups is 1. The van der Waals surface area contributed by atoms with Crippen molar-refractivity contribution in [2.75, 3.05) is 19.2 Å². The van der Waals surface area contributed by atoms with E-state index in [4.69, 9.17) is 44.3 Å². The number of hydrogen-bond acceptors (Lipinski definition) is 3. The van der Waals surface area contributed by atoms with E-state index in [0.717, 1.165) is 0 Å². The maximum atomic E-state index is 11.8. The SMILES string of the molecule is COc1ccc(NC(=O)NCOc2ccc(Cl)cc2Cl)cc1Cl. The van der Waals surface area contributed by atoms with Gasteiger partial charge in [0.25, 0.3) is 0 Å². The van der Waals surface area contributed by atoms with E-state index in [0.29, 0.717) is 32.3 Å². The van der Waals surface area contributed by atoms with Crippen molar-refractivity contribution in [1.82, 2.24) is 5.32 Å². The Balaban J connectivity index is 1.84. The summed E-state index contributed by atoms with van der Waals surface area (Å²) < 4.78 is 10.4. The number of amides is 2. The summed E-state index contributed by atoms with van der Waals surface area (Å²) >= 11 is 17.7. The summed E-state index contributed by atoms with van der Waals surface area (Å²) in [6.07, 6.45) is 0. The van der Waals surface area contributed by atoms with E-state index in [-0.39, 0.29) is 6.73 Å². The predicted octanol–water partition coefficient (Wildman–Crippen LogP) is 4.81. The largest absolute Gasteiger partial charge is 0.495 e. The van der Waals surface area contributed by atoms with E-state index in [1.807, 2.05) is 0 Å². The monoisotopic (exact) mass is 374 g/mol. The van der Waals surface area contributed by atoms with Gasteiger partial charge in [-0.05, 0) is 36.4 Å². The van der Waals surface area contributed by atoms with Gasteiger partial charge in [-0.1, -0.05) is 34.8 Å². The van der Waals surface area contributed by atoms with Crippen LogP contribution in [-0.4, -0.2) is 19.9 Å². The first-order chi connectivity index (χ1) is 11.0. The number of benzene rings is 2. The molecule has 122 valence electrons. The molecule has 0 aliphatic heterocycles. The van der Waals surface area contributed by atoms with Crippen molar-refractivity contribution in [3.05, 3.63) is 51.5 Å². The summed E-state index contributed by atoms with van der Waals surface area (Å²) in [7, 11) is 1.51. The highest BCUT2D eigenvalue weighted by molar-refractivity contribution is 6.35. The lowest BCUT2D eigenvalue weighted by atomic mass is 10.3. The molecule has 0 radical (unpaired) electrons. The minimum absolute atomic E-state index is 0.0585. The number of rotatable bonds is 5. The van der Waals surface area contributed by atoms with Gasteiger partial charge < -0.3 is 20.1 Å². The van der Waals surface area contributed by atoms with Crippen molar-refractivity contribution in [2.24, 2.45) is 0 Å². The standard InChI is InChI=1S/C15H13Cl3N2O3/c1-22-13-5-3-10(7-12(13)18)20-15(21)19-8-23-14-4-2-9(16)6-11(14)17/h2-7H,8H2,1H3,(H2,19,20,21). The number of ether oxygens (including phenoxy) is 2. The van der Waals surface area contributed by atoms with E-state index < -0.39 is 6.03 Å². The number of nitrogens with one attached hydrogen (secondary N) is 2. The summed E-state index contributed by atoms with van der Waals surface area (Å²) in [6, 6.07) is 9.27. The summed E-state index contributed by atoms with van der Waals surface area (Å²) in [5.74, 6) is 0.946. The third kappa shape index (κ3) is 5.10. The molecule has 0 fully saturated rings. The molecule has 5 nitrogen and oxygen atoms in total. The highest BCUT2D eigenvalue weighted by Crippen LogP contribution is 2.28. The van der Waals surface area contributed by atoms with Gasteiger partial charge in [0.15, 0.2) is 6.73 Å². The molecule has 2 N–H and O–H groups in total. The zero-order valence-electron chi connectivity index (χ0n) is 12.0. The number of hydrogen-bond donors (Lipinski definition) is 2. The molecule has 0 aliphatic rings. The van der Waals surface area contributed by atoms with Gasteiger partial charge in [-0.15, -0.1) is 0 Å². The molecule has 0 saturated carbocycles. The Kier molecular flexibility index (Phi) is 6.21. The quantitative estimate of drug-likeness (QED) is 0.737. The summed E-state index contributed by atoms with van der Waals surface area (Å²) in [4.78, 5) is 11.8. The van der Waals surface area contributed by atoms with Crippen LogP contribution in [-0.2, 0) is 0 Å². The molecule has 8 heteroatoms. The lowest BCUT2D eigenvalue weighted by Crippen LogP contribution is -2.32. The summed E-state index contributed by atoms with van der Waals surface area (Å²) in [5.41, 5.74) is 0.526. The van der Waals surface area contributed by atoms with Gasteiger partial charge in [0.2, 0.25) is 0 Å². The molecule has 2 amide bonds. The number of halogens is 3. The maximum Gasteiger partial charge on any atom is 0.321 e. The minimum atomic E-state index is -0.448. The van der Waals surface area contributed by atoms with Gasteiger partial charge in [-0.25, -0.2) is 4.79 Å². The Morgan fingerprint density at radius 3 is 2.39 bits per heavy atom. The smallest absolute Gasteiger partial charge is 0.321 e. The third-order valence-electron chi connectivity index (χ3n) is 2.76. The Morgan fingerprint density at radius 1 is 1.04 bits per heavy atom. The first-order valence-electron chi connectivity index (χ1n) is 6.46. The normalized spacial score (nSPS) is 10.1. The molecule has 0 bridgehead atoms. The van der Waals surface area contributed by atoms with Gasteiger partial charge in [-0.2, -0.15) is 0 Å². The average molecular weight is 376 g/mol. The van der Waals surface area contributed by atoms with Crippen LogP contribution >= 0.6 is 34.8 Å². The molecule has 0 heterocycles. The molecular weight excluding hydrogens is 363 g/mol. The van der Waals surface area contributed by atoms with Crippen LogP contribution in [0.5, 0.6) is 11.5 Å². The van der Waals surface area contributed by atoms with Crippen LogP contribution in [0.15, 0.2) is 36.4 Å². The van der Waals surface area contributed by atoms with E-state index in [1.165, 1.54) is 7.11 Å². The van der Waals surface area contributed by atoms with Gasteiger partial charge in [0.05, 0.1) is 17.2 Å². The number of anilines is 1. The van der Waals surface area contributed by atoms with Crippen molar-refractivity contribution in [1.29, 1.82) is 0 Å². The van der Waals surface area contributed by atoms with Gasteiger partial charge in [-0.3, -0.25) is 0 Å². The van der Waals surface area contributed by atoms with Crippen molar-refractivity contribution in [2.45, 2.75) is 0 Å². The highest BCUT2D eigenvalue weighted by Gasteiger charge is 2.06. The molecule has 2 aromatic rings. The molecule has 0 spiro atoms. The second-order valence-corrected chi connectivity index (χ2v) is 5.59. The molecule has 2 aromatic carbocycles. The van der Waals surface area contributed by atoms with Crippen LogP contribution in [0, 0.1) is 0 Å². The Morgan fingerprint density at radius 2 is 1.74 bits per heavy atom. The topological polar surface area (TPSA) is 59.6 Å².